The minimum atomic E-state index is -1.30. The summed E-state index contributed by atoms with van der Waals surface area (Å²) in [5.41, 5.74) is 3.31. The highest BCUT2D eigenvalue weighted by molar-refractivity contribution is 8.01. The molecule has 2 heterocycles. The molecule has 1 spiro atoms. The fourth-order valence-electron chi connectivity index (χ4n) is 4.61. The predicted octanol–water partition coefficient (Wildman–Crippen LogP) is 5.26. The maximum Gasteiger partial charge on any atom is 0.323 e. The lowest BCUT2D eigenvalue weighted by Crippen LogP contribution is -2.51. The van der Waals surface area contributed by atoms with E-state index in [9.17, 15) is 18.4 Å². The molecule has 1 atom stereocenters. The molecule has 0 unspecified atom stereocenters. The quantitative estimate of drug-likeness (QED) is 0.536. The van der Waals surface area contributed by atoms with Gasteiger partial charge in [0.15, 0.2) is 16.5 Å². The van der Waals surface area contributed by atoms with Crippen LogP contribution < -0.4 is 15.0 Å². The molecule has 0 radical (unpaired) electrons. The van der Waals surface area contributed by atoms with Crippen LogP contribution in [0.5, 0.6) is 5.75 Å². The molecular formula is C26H23F2N3O3S. The van der Waals surface area contributed by atoms with Crippen molar-refractivity contribution in [3.63, 3.8) is 0 Å². The number of hydrogen-bond donors (Lipinski definition) is 1. The number of amides is 3. The summed E-state index contributed by atoms with van der Waals surface area (Å²) in [6, 6.07) is 15.9. The van der Waals surface area contributed by atoms with Gasteiger partial charge in [-0.15, -0.1) is 11.8 Å². The number of halogens is 2. The number of carbonyl (C=O) groups excluding carboxylic acids is 2. The summed E-state index contributed by atoms with van der Waals surface area (Å²) in [6.07, 6.45) is 0. The van der Waals surface area contributed by atoms with E-state index in [0.717, 1.165) is 17.7 Å². The molecule has 1 saturated heterocycles. The number of fused-ring (bicyclic) bond motifs is 2. The number of carbonyl (C=O) groups is 2. The first-order valence-electron chi connectivity index (χ1n) is 11.1. The van der Waals surface area contributed by atoms with Gasteiger partial charge in [-0.05, 0) is 60.5 Å². The second-order valence-corrected chi connectivity index (χ2v) is 9.75. The van der Waals surface area contributed by atoms with Gasteiger partial charge in [0.1, 0.15) is 5.75 Å². The Morgan fingerprint density at radius 3 is 2.69 bits per heavy atom. The van der Waals surface area contributed by atoms with Crippen molar-refractivity contribution in [2.75, 3.05) is 29.6 Å². The molecule has 6 nitrogen and oxygen atoms in total. The minimum Gasteiger partial charge on any atom is -0.497 e. The Morgan fingerprint density at radius 1 is 1.11 bits per heavy atom. The molecule has 35 heavy (non-hydrogen) atoms. The number of aryl methyl sites for hydroxylation is 1. The number of urea groups is 1. The summed E-state index contributed by atoms with van der Waals surface area (Å²) >= 11 is 1.38. The van der Waals surface area contributed by atoms with E-state index in [4.69, 9.17) is 4.74 Å². The van der Waals surface area contributed by atoms with Gasteiger partial charge in [-0.25, -0.2) is 13.6 Å². The molecule has 0 saturated carbocycles. The monoisotopic (exact) mass is 495 g/mol. The zero-order chi connectivity index (χ0) is 24.7. The second-order valence-electron chi connectivity index (χ2n) is 8.47. The van der Waals surface area contributed by atoms with Crippen molar-refractivity contribution in [1.82, 2.24) is 4.90 Å². The maximum absolute atomic E-state index is 14.0. The molecule has 3 amide bonds. The number of nitrogens with zero attached hydrogens (tertiary/aromatic N) is 2. The molecule has 3 aromatic rings. The highest BCUT2D eigenvalue weighted by atomic mass is 32.2. The molecule has 0 aliphatic carbocycles. The summed E-state index contributed by atoms with van der Waals surface area (Å²) < 4.78 is 32.8. The normalized spacial score (nSPS) is 18.8. The number of methoxy groups -OCH3 is 1. The van der Waals surface area contributed by atoms with Gasteiger partial charge in [-0.2, -0.15) is 0 Å². The van der Waals surface area contributed by atoms with Crippen LogP contribution >= 0.6 is 11.8 Å². The van der Waals surface area contributed by atoms with E-state index in [1.807, 2.05) is 25.1 Å². The van der Waals surface area contributed by atoms with Gasteiger partial charge < -0.3 is 15.0 Å². The zero-order valence-electron chi connectivity index (χ0n) is 19.2. The first-order chi connectivity index (χ1) is 16.8. The van der Waals surface area contributed by atoms with Gasteiger partial charge in [-0.3, -0.25) is 9.69 Å². The number of nitrogens with one attached hydrogen (secondary N) is 1. The van der Waals surface area contributed by atoms with Crippen LogP contribution in [0.25, 0.3) is 0 Å². The summed E-state index contributed by atoms with van der Waals surface area (Å²) in [4.78, 5) is 29.3. The first kappa shape index (κ1) is 23.2. The Hall–Kier alpha value is -3.59. The van der Waals surface area contributed by atoms with E-state index < -0.39 is 22.5 Å². The fraction of sp³-hybridized carbons (Fsp3) is 0.231. The van der Waals surface area contributed by atoms with Crippen LogP contribution in [0.1, 0.15) is 16.7 Å². The molecule has 3 aromatic carbocycles. The van der Waals surface area contributed by atoms with Crippen LogP contribution in [0, 0.1) is 18.6 Å². The van der Waals surface area contributed by atoms with E-state index >= 15 is 0 Å². The van der Waals surface area contributed by atoms with Crippen LogP contribution in [-0.2, 0) is 16.2 Å². The van der Waals surface area contributed by atoms with Gasteiger partial charge in [0.05, 0.1) is 19.3 Å². The average Bonchev–Trinajstić information content (AvgIpc) is 3.38. The summed E-state index contributed by atoms with van der Waals surface area (Å²) in [5.74, 6) is -1.13. The van der Waals surface area contributed by atoms with Crippen LogP contribution in [0.3, 0.4) is 0 Å². The summed E-state index contributed by atoms with van der Waals surface area (Å²) in [5, 5.41) is 2.91. The lowest BCUT2D eigenvalue weighted by molar-refractivity contribution is -0.123. The van der Waals surface area contributed by atoms with Crippen molar-refractivity contribution in [3.05, 3.63) is 89.0 Å². The van der Waals surface area contributed by atoms with Gasteiger partial charge >= 0.3 is 6.03 Å². The van der Waals surface area contributed by atoms with Crippen molar-refractivity contribution in [1.29, 1.82) is 0 Å². The fourth-order valence-corrected chi connectivity index (χ4v) is 6.06. The van der Waals surface area contributed by atoms with Crippen molar-refractivity contribution >= 4 is 35.1 Å². The standard InChI is InChI=1S/C26H23F2N3O3S/c1-16-4-3-5-18(12-16)29-25(33)31-10-11-35-26(31)20-14-19(34-2)7-9-23(20)30(24(26)32)15-17-6-8-21(27)22(28)13-17/h3-9,12-14H,10-11,15H2,1-2H3,(H,29,33)/t26-/m0/s1. The van der Waals surface area contributed by atoms with Crippen molar-refractivity contribution < 1.29 is 23.1 Å². The van der Waals surface area contributed by atoms with Crippen LogP contribution in [0.4, 0.5) is 25.0 Å². The lowest BCUT2D eigenvalue weighted by atomic mass is 10.1. The predicted molar refractivity (Wildman–Crippen MR) is 132 cm³/mol. The van der Waals surface area contributed by atoms with Crippen molar-refractivity contribution in [2.24, 2.45) is 0 Å². The van der Waals surface area contributed by atoms with Crippen LogP contribution in [0.15, 0.2) is 60.7 Å². The molecule has 1 fully saturated rings. The number of rotatable bonds is 4. The zero-order valence-corrected chi connectivity index (χ0v) is 20.0. The third-order valence-electron chi connectivity index (χ3n) is 6.24. The Morgan fingerprint density at radius 2 is 1.94 bits per heavy atom. The van der Waals surface area contributed by atoms with E-state index in [0.29, 0.717) is 40.5 Å². The number of anilines is 2. The molecule has 180 valence electrons. The van der Waals surface area contributed by atoms with Crippen LogP contribution in [-0.4, -0.2) is 36.2 Å². The number of thioether (sulfide) groups is 1. The Labute approximate surface area is 205 Å². The SMILES string of the molecule is COc1ccc2c(c1)[C@]1(SCCN1C(=O)Nc1cccc(C)c1)C(=O)N2Cc1ccc(F)c(F)c1. The van der Waals surface area contributed by atoms with E-state index in [2.05, 4.69) is 5.32 Å². The van der Waals surface area contributed by atoms with Gasteiger partial charge in [0.25, 0.3) is 5.91 Å². The third-order valence-corrected chi connectivity index (χ3v) is 7.66. The highest BCUT2D eigenvalue weighted by Gasteiger charge is 2.59. The van der Waals surface area contributed by atoms with Gasteiger partial charge in [0.2, 0.25) is 0 Å². The number of ether oxygens (including phenoxy) is 1. The van der Waals surface area contributed by atoms with Gasteiger partial charge in [0, 0.05) is 23.5 Å². The molecule has 1 N–H and O–H groups in total. The topological polar surface area (TPSA) is 61.9 Å². The van der Waals surface area contributed by atoms with Crippen LogP contribution in [0.2, 0.25) is 0 Å². The minimum absolute atomic E-state index is 0.0327. The molecular weight excluding hydrogens is 472 g/mol. The Kier molecular flexibility index (Phi) is 5.88. The molecule has 0 bridgehead atoms. The summed E-state index contributed by atoms with van der Waals surface area (Å²) in [7, 11) is 1.54. The Bertz CT molecular complexity index is 1330. The van der Waals surface area contributed by atoms with Gasteiger partial charge in [-0.1, -0.05) is 18.2 Å². The smallest absolute Gasteiger partial charge is 0.323 e. The molecule has 2 aliphatic rings. The average molecular weight is 496 g/mol. The summed E-state index contributed by atoms with van der Waals surface area (Å²) in [6.45, 7) is 2.33. The highest BCUT2D eigenvalue weighted by Crippen LogP contribution is 2.55. The van der Waals surface area contributed by atoms with E-state index in [-0.39, 0.29) is 12.5 Å². The van der Waals surface area contributed by atoms with Crippen molar-refractivity contribution in [2.45, 2.75) is 18.3 Å². The Balaban J connectivity index is 1.55. The maximum atomic E-state index is 14.0. The number of benzene rings is 3. The molecule has 9 heteroatoms. The molecule has 2 aliphatic heterocycles. The largest absolute Gasteiger partial charge is 0.497 e. The van der Waals surface area contributed by atoms with E-state index in [1.165, 1.54) is 29.8 Å². The lowest BCUT2D eigenvalue weighted by Gasteiger charge is -2.33. The number of hydrogen-bond acceptors (Lipinski definition) is 4. The third kappa shape index (κ3) is 3.89. The first-order valence-corrected chi connectivity index (χ1v) is 12.1. The van der Waals surface area contributed by atoms with Crippen molar-refractivity contribution in [3.8, 4) is 5.75 Å². The molecule has 0 aromatic heterocycles. The second kappa shape index (κ2) is 8.88. The van der Waals surface area contributed by atoms with E-state index in [1.54, 1.807) is 29.2 Å². The molecule has 5 rings (SSSR count).